The van der Waals surface area contributed by atoms with E-state index in [4.69, 9.17) is 15.0 Å². The van der Waals surface area contributed by atoms with Crippen LogP contribution in [-0.2, 0) is 9.47 Å². The van der Waals surface area contributed by atoms with Gasteiger partial charge in [-0.15, -0.1) is 6.58 Å². The number of carbonyl (C=O) groups excluding carboxylic acids is 1. The second-order valence-corrected chi connectivity index (χ2v) is 2.18. The van der Waals surface area contributed by atoms with Crippen LogP contribution in [0.3, 0.4) is 0 Å². The first-order valence-corrected chi connectivity index (χ1v) is 3.96. The highest BCUT2D eigenvalue weighted by atomic mass is 19.1. The molecule has 0 aromatic carbocycles. The summed E-state index contributed by atoms with van der Waals surface area (Å²) in [6.07, 6.45) is -2.06. The molecule has 1 aliphatic heterocycles. The fourth-order valence-electron chi connectivity index (χ4n) is 0.441. The van der Waals surface area contributed by atoms with Crippen LogP contribution in [0.25, 0.3) is 0 Å². The predicted molar refractivity (Wildman–Crippen MR) is 49.0 cm³/mol. The number of rotatable bonds is 2. The van der Waals surface area contributed by atoms with Crippen molar-refractivity contribution in [3.8, 4) is 0 Å². The number of carboxylic acid groups (broad SMARTS) is 2. The third-order valence-corrected chi connectivity index (χ3v) is 0.931. The van der Waals surface area contributed by atoms with Crippen molar-refractivity contribution in [3.05, 3.63) is 12.7 Å². The Morgan fingerprint density at radius 1 is 1.56 bits per heavy atom. The lowest BCUT2D eigenvalue weighted by molar-refractivity contribution is 0.110. The van der Waals surface area contributed by atoms with E-state index in [9.17, 15) is 13.6 Å². The zero-order valence-corrected chi connectivity index (χ0v) is 8.27. The van der Waals surface area contributed by atoms with Gasteiger partial charge in [-0.05, 0) is 0 Å². The minimum Gasteiger partial charge on any atom is -0.450 e. The first-order chi connectivity index (χ1) is 7.47. The molecule has 0 amide bonds. The number of allylic oxidation sites excluding steroid dienone is 1. The van der Waals surface area contributed by atoms with Gasteiger partial charge in [0.15, 0.2) is 6.10 Å². The lowest BCUT2D eigenvalue weighted by Gasteiger charge is -1.94. The Labute approximate surface area is 90.1 Å². The maximum absolute atomic E-state index is 11.5. The molecule has 1 saturated heterocycles. The van der Waals surface area contributed by atoms with E-state index in [1.807, 2.05) is 0 Å². The van der Waals surface area contributed by atoms with Gasteiger partial charge >= 0.3 is 12.3 Å². The van der Waals surface area contributed by atoms with Crippen LogP contribution < -0.4 is 0 Å². The van der Waals surface area contributed by atoms with Crippen LogP contribution >= 0.6 is 0 Å². The Bertz CT molecular complexity index is 217. The van der Waals surface area contributed by atoms with Crippen LogP contribution in [0.2, 0.25) is 0 Å². The van der Waals surface area contributed by atoms with Gasteiger partial charge in [-0.25, -0.2) is 18.4 Å². The first-order valence-electron chi connectivity index (χ1n) is 3.96. The van der Waals surface area contributed by atoms with Crippen molar-refractivity contribution in [1.82, 2.24) is 0 Å². The van der Waals surface area contributed by atoms with E-state index in [1.165, 1.54) is 6.08 Å². The zero-order valence-electron chi connectivity index (χ0n) is 8.27. The van der Waals surface area contributed by atoms with E-state index in [0.29, 0.717) is 0 Å². The van der Waals surface area contributed by atoms with Gasteiger partial charge in [0, 0.05) is 0 Å². The fraction of sp³-hybridized carbons (Fsp3) is 0.500. The molecule has 6 nitrogen and oxygen atoms in total. The van der Waals surface area contributed by atoms with Gasteiger partial charge in [0.1, 0.15) is 20.0 Å². The molecule has 0 bridgehead atoms. The minimum atomic E-state index is -1.83. The summed E-state index contributed by atoms with van der Waals surface area (Å²) >= 11 is 0. The fourth-order valence-corrected chi connectivity index (χ4v) is 0.441. The minimum absolute atomic E-state index is 0.0509. The van der Waals surface area contributed by atoms with Crippen LogP contribution in [-0.4, -0.2) is 48.6 Å². The quantitative estimate of drug-likeness (QED) is 0.567. The van der Waals surface area contributed by atoms with Crippen LogP contribution in [0.5, 0.6) is 0 Å². The number of hydrogen-bond acceptors (Lipinski definition) is 4. The standard InChI is InChI=1S/C4H5FO3.C3H5F.CH2O3/c5-1-3-2-7-4(6)8-3;1-2-3-4;2-1(3)4/h3H,1-2H2;2H,1,3H2;(H2,2,3,4). The molecule has 1 atom stereocenters. The summed E-state index contributed by atoms with van der Waals surface area (Å²) in [5.74, 6) is 0. The number of alkyl halides is 2. The first kappa shape index (κ1) is 16.6. The second-order valence-electron chi connectivity index (χ2n) is 2.18. The van der Waals surface area contributed by atoms with Crippen molar-refractivity contribution in [2.24, 2.45) is 0 Å². The van der Waals surface area contributed by atoms with E-state index in [0.717, 1.165) is 0 Å². The average molecular weight is 242 g/mol. The molecular weight excluding hydrogens is 230 g/mol. The number of hydrogen-bond donors (Lipinski definition) is 2. The Morgan fingerprint density at radius 2 is 2.00 bits per heavy atom. The lowest BCUT2D eigenvalue weighted by atomic mass is 10.4. The average Bonchev–Trinajstić information content (AvgIpc) is 2.64. The Hall–Kier alpha value is -1.86. The molecule has 1 unspecified atom stereocenters. The summed E-state index contributed by atoms with van der Waals surface area (Å²) in [5, 5.41) is 13.9. The number of halogens is 2. The normalized spacial score (nSPS) is 16.6. The summed E-state index contributed by atoms with van der Waals surface area (Å²) in [4.78, 5) is 18.6. The van der Waals surface area contributed by atoms with Gasteiger partial charge in [-0.2, -0.15) is 0 Å². The highest BCUT2D eigenvalue weighted by molar-refractivity contribution is 5.61. The van der Waals surface area contributed by atoms with E-state index in [-0.39, 0.29) is 6.61 Å². The van der Waals surface area contributed by atoms with Crippen LogP contribution in [0.15, 0.2) is 12.7 Å². The third kappa shape index (κ3) is 14.7. The van der Waals surface area contributed by atoms with Crippen LogP contribution in [0.4, 0.5) is 18.4 Å². The summed E-state index contributed by atoms with van der Waals surface area (Å²) in [6.45, 7) is 2.08. The molecule has 1 heterocycles. The molecule has 0 spiro atoms. The molecular formula is C8H12F2O6. The van der Waals surface area contributed by atoms with Gasteiger partial charge < -0.3 is 19.7 Å². The molecule has 1 aliphatic rings. The van der Waals surface area contributed by atoms with Gasteiger partial charge in [0.25, 0.3) is 0 Å². The molecule has 94 valence electrons. The zero-order chi connectivity index (χ0) is 13.0. The Kier molecular flexibility index (Phi) is 11.6. The molecule has 0 aliphatic carbocycles. The summed E-state index contributed by atoms with van der Waals surface area (Å²) in [7, 11) is 0. The number of carbonyl (C=O) groups is 2. The highest BCUT2D eigenvalue weighted by Crippen LogP contribution is 2.05. The monoisotopic (exact) mass is 242 g/mol. The van der Waals surface area contributed by atoms with Gasteiger partial charge in [-0.3, -0.25) is 0 Å². The van der Waals surface area contributed by atoms with E-state index < -0.39 is 31.8 Å². The molecule has 2 N–H and O–H groups in total. The predicted octanol–water partition coefficient (Wildman–Crippen LogP) is 1.86. The van der Waals surface area contributed by atoms with E-state index >= 15 is 0 Å². The van der Waals surface area contributed by atoms with Crippen molar-refractivity contribution in [2.45, 2.75) is 6.10 Å². The molecule has 0 aromatic heterocycles. The van der Waals surface area contributed by atoms with Gasteiger partial charge in [-0.1, -0.05) is 6.08 Å². The number of cyclic esters (lactones) is 2. The second kappa shape index (κ2) is 11.2. The molecule has 0 radical (unpaired) electrons. The molecule has 0 aromatic rings. The highest BCUT2D eigenvalue weighted by Gasteiger charge is 2.24. The maximum atomic E-state index is 11.5. The molecule has 16 heavy (non-hydrogen) atoms. The molecule has 1 fully saturated rings. The Balaban J connectivity index is 0. The Morgan fingerprint density at radius 3 is 2.12 bits per heavy atom. The largest absolute Gasteiger partial charge is 0.508 e. The van der Waals surface area contributed by atoms with Crippen LogP contribution in [0, 0.1) is 0 Å². The summed E-state index contributed by atoms with van der Waals surface area (Å²) in [6, 6.07) is 0. The topological polar surface area (TPSA) is 93.1 Å². The van der Waals surface area contributed by atoms with Gasteiger partial charge in [0.2, 0.25) is 0 Å². The lowest BCUT2D eigenvalue weighted by Crippen LogP contribution is -2.11. The van der Waals surface area contributed by atoms with Crippen molar-refractivity contribution in [2.75, 3.05) is 20.0 Å². The molecule has 8 heteroatoms. The van der Waals surface area contributed by atoms with Crippen LogP contribution in [0.1, 0.15) is 0 Å². The van der Waals surface area contributed by atoms with Crippen molar-refractivity contribution in [1.29, 1.82) is 0 Å². The van der Waals surface area contributed by atoms with Gasteiger partial charge in [0.05, 0.1) is 0 Å². The van der Waals surface area contributed by atoms with E-state index in [2.05, 4.69) is 16.1 Å². The summed E-state index contributed by atoms with van der Waals surface area (Å²) < 4.78 is 30.6. The third-order valence-electron chi connectivity index (χ3n) is 0.931. The van der Waals surface area contributed by atoms with E-state index in [1.54, 1.807) is 0 Å². The molecule has 1 rings (SSSR count). The van der Waals surface area contributed by atoms with Crippen molar-refractivity contribution < 1.29 is 38.1 Å². The summed E-state index contributed by atoms with van der Waals surface area (Å²) in [5.41, 5.74) is 0. The van der Waals surface area contributed by atoms with Crippen molar-refractivity contribution >= 4 is 12.3 Å². The SMILES string of the molecule is C=CCF.O=C(O)O.O=C1OCC(CF)O1. The smallest absolute Gasteiger partial charge is 0.450 e. The maximum Gasteiger partial charge on any atom is 0.508 e. The number of ether oxygens (including phenoxy) is 2. The molecule has 0 saturated carbocycles. The van der Waals surface area contributed by atoms with Crippen molar-refractivity contribution in [3.63, 3.8) is 0 Å².